The number of nitrogens with zero attached hydrogens (tertiary/aromatic N) is 1. The van der Waals surface area contributed by atoms with Crippen LogP contribution in [0.1, 0.15) is 19.3 Å². The number of nitrogens with one attached hydrogen (secondary N) is 2. The topological polar surface area (TPSA) is 74.8 Å². The number of sulfonamides is 1. The van der Waals surface area contributed by atoms with Crippen LogP contribution in [0.25, 0.3) is 0 Å². The Morgan fingerprint density at radius 3 is 2.94 bits per heavy atom. The van der Waals surface area contributed by atoms with Gasteiger partial charge in [-0.15, -0.1) is 11.6 Å². The summed E-state index contributed by atoms with van der Waals surface area (Å²) in [7, 11) is -3.43. The minimum Gasteiger partial charge on any atom is -0.266 e. The van der Waals surface area contributed by atoms with E-state index in [-0.39, 0.29) is 10.4 Å². The maximum atomic E-state index is 11.7. The van der Waals surface area contributed by atoms with Crippen LogP contribution in [0.4, 0.5) is 0 Å². The number of aromatic amines is 1. The van der Waals surface area contributed by atoms with Crippen LogP contribution in [0.2, 0.25) is 0 Å². The molecule has 0 radical (unpaired) electrons. The van der Waals surface area contributed by atoms with E-state index < -0.39 is 10.0 Å². The first kappa shape index (κ1) is 11.9. The van der Waals surface area contributed by atoms with Gasteiger partial charge in [0.1, 0.15) is 0 Å². The Balaban J connectivity index is 1.91. The Labute approximate surface area is 99.6 Å². The van der Waals surface area contributed by atoms with Crippen molar-refractivity contribution in [1.29, 1.82) is 0 Å². The Kier molecular flexibility index (Phi) is 3.51. The number of hydrogen-bond donors (Lipinski definition) is 2. The maximum Gasteiger partial charge on any atom is 0.257 e. The number of alkyl halides is 1. The Morgan fingerprint density at radius 2 is 2.38 bits per heavy atom. The van der Waals surface area contributed by atoms with E-state index in [1.54, 1.807) is 0 Å². The zero-order valence-electron chi connectivity index (χ0n) is 8.69. The molecular weight excluding hydrogens is 250 g/mol. The molecule has 2 rings (SSSR count). The average Bonchev–Trinajstić information content (AvgIpc) is 2.85. The van der Waals surface area contributed by atoms with Crippen molar-refractivity contribution in [3.05, 3.63) is 12.3 Å². The maximum absolute atomic E-state index is 11.7. The van der Waals surface area contributed by atoms with Crippen molar-refractivity contribution in [1.82, 2.24) is 14.9 Å². The molecule has 0 aliphatic heterocycles. The van der Waals surface area contributed by atoms with Crippen LogP contribution in [0.5, 0.6) is 0 Å². The van der Waals surface area contributed by atoms with E-state index in [9.17, 15) is 8.42 Å². The highest BCUT2D eigenvalue weighted by atomic mass is 35.5. The molecule has 0 spiro atoms. The molecule has 1 aromatic heterocycles. The molecule has 2 N–H and O–H groups in total. The average molecular weight is 264 g/mol. The van der Waals surface area contributed by atoms with Crippen LogP contribution < -0.4 is 4.72 Å². The Bertz CT molecular complexity index is 432. The molecule has 5 nitrogen and oxygen atoms in total. The van der Waals surface area contributed by atoms with E-state index in [1.165, 1.54) is 12.3 Å². The number of halogens is 1. The predicted molar refractivity (Wildman–Crippen MR) is 60.8 cm³/mol. The van der Waals surface area contributed by atoms with E-state index in [0.29, 0.717) is 12.5 Å². The van der Waals surface area contributed by atoms with Crippen LogP contribution in [-0.2, 0) is 10.0 Å². The number of aromatic nitrogens is 2. The number of rotatable bonds is 4. The van der Waals surface area contributed by atoms with Gasteiger partial charge >= 0.3 is 0 Å². The second-order valence-electron chi connectivity index (χ2n) is 4.05. The van der Waals surface area contributed by atoms with Crippen molar-refractivity contribution < 1.29 is 8.42 Å². The summed E-state index contributed by atoms with van der Waals surface area (Å²) >= 11 is 5.96. The van der Waals surface area contributed by atoms with Gasteiger partial charge < -0.3 is 0 Å². The lowest BCUT2D eigenvalue weighted by molar-refractivity contribution is 0.518. The minimum absolute atomic E-state index is 0.105. The van der Waals surface area contributed by atoms with Gasteiger partial charge in [-0.1, -0.05) is 0 Å². The summed E-state index contributed by atoms with van der Waals surface area (Å²) in [5.41, 5.74) is 0. The molecule has 0 bridgehead atoms. The summed E-state index contributed by atoms with van der Waals surface area (Å²) in [6.07, 6.45) is 4.25. The summed E-state index contributed by atoms with van der Waals surface area (Å²) in [6.45, 7) is 0.449. The summed E-state index contributed by atoms with van der Waals surface area (Å²) in [6, 6.07) is 1.43. The standard InChI is InChI=1S/C9H14ClN3O2S/c10-8-2-1-7(5-8)6-12-16(14,15)9-3-4-11-13-9/h3-4,7-8,12H,1-2,5-6H2,(H,11,13). The molecule has 0 amide bonds. The molecule has 90 valence electrons. The van der Waals surface area contributed by atoms with E-state index in [2.05, 4.69) is 14.9 Å². The lowest BCUT2D eigenvalue weighted by atomic mass is 10.1. The SMILES string of the molecule is O=S(=O)(NCC1CCC(Cl)C1)c1ccn[nH]1. The van der Waals surface area contributed by atoms with Gasteiger partial charge in [-0.3, -0.25) is 5.10 Å². The van der Waals surface area contributed by atoms with Gasteiger partial charge in [0.25, 0.3) is 10.0 Å². The van der Waals surface area contributed by atoms with E-state index in [1.807, 2.05) is 0 Å². The third kappa shape index (κ3) is 2.75. The van der Waals surface area contributed by atoms with Crippen molar-refractivity contribution >= 4 is 21.6 Å². The molecule has 1 aliphatic carbocycles. The van der Waals surface area contributed by atoms with Crippen molar-refractivity contribution in [2.45, 2.75) is 29.7 Å². The van der Waals surface area contributed by atoms with Crippen LogP contribution >= 0.6 is 11.6 Å². The molecule has 2 unspecified atom stereocenters. The third-order valence-corrected chi connectivity index (χ3v) is 4.55. The van der Waals surface area contributed by atoms with Gasteiger partial charge in [-0.05, 0) is 31.2 Å². The van der Waals surface area contributed by atoms with Gasteiger partial charge in [0.05, 0.1) is 6.20 Å². The molecule has 2 atom stereocenters. The van der Waals surface area contributed by atoms with Gasteiger partial charge in [-0.2, -0.15) is 5.10 Å². The first-order chi connectivity index (χ1) is 7.58. The van der Waals surface area contributed by atoms with Crippen molar-refractivity contribution in [2.24, 2.45) is 5.92 Å². The van der Waals surface area contributed by atoms with E-state index in [0.717, 1.165) is 19.3 Å². The van der Waals surface area contributed by atoms with Gasteiger partial charge in [0.15, 0.2) is 5.03 Å². The van der Waals surface area contributed by atoms with E-state index >= 15 is 0 Å². The summed E-state index contributed by atoms with van der Waals surface area (Å²) < 4.78 is 26.0. The summed E-state index contributed by atoms with van der Waals surface area (Å²) in [4.78, 5) is 0. The van der Waals surface area contributed by atoms with Crippen molar-refractivity contribution in [3.63, 3.8) is 0 Å². The Hall–Kier alpha value is -0.590. The van der Waals surface area contributed by atoms with Gasteiger partial charge in [0.2, 0.25) is 0 Å². The smallest absolute Gasteiger partial charge is 0.257 e. The highest BCUT2D eigenvalue weighted by Gasteiger charge is 2.25. The van der Waals surface area contributed by atoms with Crippen molar-refractivity contribution in [3.8, 4) is 0 Å². The number of hydrogen-bond acceptors (Lipinski definition) is 3. The molecule has 1 aliphatic rings. The molecule has 7 heteroatoms. The third-order valence-electron chi connectivity index (χ3n) is 2.80. The first-order valence-electron chi connectivity index (χ1n) is 5.21. The largest absolute Gasteiger partial charge is 0.266 e. The Morgan fingerprint density at radius 1 is 1.56 bits per heavy atom. The van der Waals surface area contributed by atoms with Crippen LogP contribution in [0.15, 0.2) is 17.3 Å². The highest BCUT2D eigenvalue weighted by Crippen LogP contribution is 2.28. The minimum atomic E-state index is -3.43. The molecule has 0 saturated heterocycles. The lowest BCUT2D eigenvalue weighted by Crippen LogP contribution is -2.29. The second-order valence-corrected chi connectivity index (χ2v) is 6.40. The summed E-state index contributed by atoms with van der Waals surface area (Å²) in [5.74, 6) is 0.347. The predicted octanol–water partition coefficient (Wildman–Crippen LogP) is 1.10. The van der Waals surface area contributed by atoms with Crippen molar-refractivity contribution in [2.75, 3.05) is 6.54 Å². The first-order valence-corrected chi connectivity index (χ1v) is 7.13. The molecule has 1 saturated carbocycles. The zero-order chi connectivity index (χ0) is 11.6. The second kappa shape index (κ2) is 4.73. The normalized spacial score (nSPS) is 26.1. The fourth-order valence-electron chi connectivity index (χ4n) is 1.90. The van der Waals surface area contributed by atoms with Gasteiger partial charge in [0, 0.05) is 11.9 Å². The van der Waals surface area contributed by atoms with Crippen LogP contribution in [-0.4, -0.2) is 30.5 Å². The van der Waals surface area contributed by atoms with E-state index in [4.69, 9.17) is 11.6 Å². The molecule has 1 heterocycles. The summed E-state index contributed by atoms with van der Waals surface area (Å²) in [5, 5.41) is 6.35. The lowest BCUT2D eigenvalue weighted by Gasteiger charge is -2.10. The monoisotopic (exact) mass is 263 g/mol. The molecule has 0 aromatic carbocycles. The van der Waals surface area contributed by atoms with Crippen LogP contribution in [0, 0.1) is 5.92 Å². The van der Waals surface area contributed by atoms with Crippen LogP contribution in [0.3, 0.4) is 0 Å². The number of H-pyrrole nitrogens is 1. The zero-order valence-corrected chi connectivity index (χ0v) is 10.3. The highest BCUT2D eigenvalue weighted by molar-refractivity contribution is 7.89. The quantitative estimate of drug-likeness (QED) is 0.799. The molecule has 16 heavy (non-hydrogen) atoms. The molecular formula is C9H14ClN3O2S. The fraction of sp³-hybridized carbons (Fsp3) is 0.667. The fourth-order valence-corrected chi connectivity index (χ4v) is 3.30. The molecule has 1 fully saturated rings. The van der Waals surface area contributed by atoms with Gasteiger partial charge in [-0.25, -0.2) is 13.1 Å². The molecule has 1 aromatic rings.